The van der Waals surface area contributed by atoms with Crippen LogP contribution in [0.3, 0.4) is 0 Å². The Morgan fingerprint density at radius 1 is 0.889 bits per heavy atom. The summed E-state index contributed by atoms with van der Waals surface area (Å²) in [6.45, 7) is 16.7. The lowest BCUT2D eigenvalue weighted by Gasteiger charge is -2.22. The van der Waals surface area contributed by atoms with Crippen molar-refractivity contribution in [3.63, 3.8) is 0 Å². The predicted octanol–water partition coefficient (Wildman–Crippen LogP) is 8.30. The second kappa shape index (κ2) is 14.4. The fourth-order valence-electron chi connectivity index (χ4n) is 3.41. The van der Waals surface area contributed by atoms with E-state index >= 15 is 0 Å². The van der Waals surface area contributed by atoms with E-state index in [1.165, 1.54) is 24.0 Å². The van der Waals surface area contributed by atoms with Crippen LogP contribution in [0, 0.1) is 5.41 Å². The zero-order chi connectivity index (χ0) is 20.7. The van der Waals surface area contributed by atoms with Gasteiger partial charge < -0.3 is 0 Å². The Balaban J connectivity index is 5.25. The maximum absolute atomic E-state index is 12.9. The zero-order valence-corrected chi connectivity index (χ0v) is 18.7. The summed E-state index contributed by atoms with van der Waals surface area (Å²) in [7, 11) is 0. The lowest BCUT2D eigenvalue weighted by atomic mass is 9.80. The Morgan fingerprint density at radius 2 is 1.48 bits per heavy atom. The van der Waals surface area contributed by atoms with Gasteiger partial charge in [-0.25, -0.2) is 0 Å². The Morgan fingerprint density at radius 3 is 1.96 bits per heavy atom. The van der Waals surface area contributed by atoms with Crippen LogP contribution >= 0.6 is 0 Å². The van der Waals surface area contributed by atoms with Crippen LogP contribution in [-0.2, 0) is 4.79 Å². The van der Waals surface area contributed by atoms with E-state index in [0.717, 1.165) is 44.1 Å². The zero-order valence-electron chi connectivity index (χ0n) is 18.7. The van der Waals surface area contributed by atoms with Gasteiger partial charge in [-0.3, -0.25) is 4.79 Å². The Bertz CT molecular complexity index is 557. The molecule has 0 saturated heterocycles. The number of allylic oxidation sites excluding steroid dienone is 9. The van der Waals surface area contributed by atoms with Gasteiger partial charge in [-0.15, -0.1) is 0 Å². The summed E-state index contributed by atoms with van der Waals surface area (Å²) in [5.74, 6) is 0.129. The van der Waals surface area contributed by atoms with E-state index in [0.29, 0.717) is 0 Å². The van der Waals surface area contributed by atoms with E-state index in [2.05, 4.69) is 39.5 Å². The summed E-state index contributed by atoms with van der Waals surface area (Å²) in [5.41, 5.74) is 3.04. The molecule has 0 unspecified atom stereocenters. The quantitative estimate of drug-likeness (QED) is 0.171. The maximum Gasteiger partial charge on any atom is 0.171 e. The van der Waals surface area contributed by atoms with Gasteiger partial charge in [0.1, 0.15) is 0 Å². The van der Waals surface area contributed by atoms with E-state index in [1.807, 2.05) is 45.1 Å². The molecule has 152 valence electrons. The monoisotopic (exact) mass is 370 g/mol. The van der Waals surface area contributed by atoms with Gasteiger partial charge in [-0.05, 0) is 58.4 Å². The summed E-state index contributed by atoms with van der Waals surface area (Å²) < 4.78 is 0. The highest BCUT2D eigenvalue weighted by atomic mass is 16.1. The predicted molar refractivity (Wildman–Crippen MR) is 122 cm³/mol. The van der Waals surface area contributed by atoms with Gasteiger partial charge in [-0.2, -0.15) is 0 Å². The molecule has 0 aliphatic heterocycles. The van der Waals surface area contributed by atoms with Crippen molar-refractivity contribution < 1.29 is 4.79 Å². The van der Waals surface area contributed by atoms with Crippen molar-refractivity contribution >= 4 is 5.78 Å². The third-order valence-electron chi connectivity index (χ3n) is 4.78. The molecule has 27 heavy (non-hydrogen) atoms. The molecule has 0 spiro atoms. The first-order chi connectivity index (χ1) is 12.9. The van der Waals surface area contributed by atoms with Gasteiger partial charge >= 0.3 is 0 Å². The Labute approximate surface area is 169 Å². The van der Waals surface area contributed by atoms with Crippen LogP contribution in [0.1, 0.15) is 92.9 Å². The highest BCUT2D eigenvalue weighted by Crippen LogP contribution is 2.28. The topological polar surface area (TPSA) is 17.1 Å². The number of Topliss-reactive ketones (excluding diaryl/α,β-unsaturated/α-hetero) is 1. The van der Waals surface area contributed by atoms with Crippen LogP contribution in [0.2, 0.25) is 0 Å². The average molecular weight is 371 g/mol. The number of carbonyl (C=O) groups is 1. The van der Waals surface area contributed by atoms with Gasteiger partial charge in [0, 0.05) is 0 Å². The standard InChI is InChI=1S/C26H42O/c1-8-13-16-23(14-9-2)21-24(15-10-3)18-17-22(6)25(27)26(7,19-11-4)20-12-5/h11-12,16,19-21H,6,8-10,13-15,17-18H2,1-5,7H3/b19-11-,20-12-,23-16+,24-21+. The molecule has 0 aromatic heterocycles. The third-order valence-corrected chi connectivity index (χ3v) is 4.78. The summed E-state index contributed by atoms with van der Waals surface area (Å²) in [6, 6.07) is 0. The normalized spacial score (nSPS) is 13.7. The molecule has 0 aliphatic rings. The molecular weight excluding hydrogens is 328 g/mol. The highest BCUT2D eigenvalue weighted by molar-refractivity contribution is 6.01. The third kappa shape index (κ3) is 9.75. The van der Waals surface area contributed by atoms with E-state index in [-0.39, 0.29) is 5.78 Å². The first-order valence-corrected chi connectivity index (χ1v) is 10.8. The second-order valence-electron chi connectivity index (χ2n) is 7.59. The number of hydrogen-bond donors (Lipinski definition) is 0. The molecular formula is C26H42O. The molecule has 0 aliphatic carbocycles. The molecule has 0 aromatic carbocycles. The van der Waals surface area contributed by atoms with Crippen molar-refractivity contribution in [2.45, 2.75) is 92.9 Å². The average Bonchev–Trinajstić information content (AvgIpc) is 2.63. The molecule has 0 bridgehead atoms. The molecule has 0 saturated carbocycles. The van der Waals surface area contributed by atoms with Crippen LogP contribution in [0.25, 0.3) is 0 Å². The summed E-state index contributed by atoms with van der Waals surface area (Å²) in [4.78, 5) is 12.9. The molecule has 0 rings (SSSR count). The van der Waals surface area contributed by atoms with E-state index < -0.39 is 5.41 Å². The molecule has 0 aromatic rings. The van der Waals surface area contributed by atoms with Gasteiger partial charge in [-0.1, -0.05) is 94.2 Å². The van der Waals surface area contributed by atoms with Gasteiger partial charge in [0.25, 0.3) is 0 Å². The summed E-state index contributed by atoms with van der Waals surface area (Å²) >= 11 is 0. The molecule has 1 heteroatoms. The van der Waals surface area contributed by atoms with Crippen molar-refractivity contribution in [2.75, 3.05) is 0 Å². The summed E-state index contributed by atoms with van der Waals surface area (Å²) in [6.07, 6.45) is 21.1. The lowest BCUT2D eigenvalue weighted by molar-refractivity contribution is -0.120. The smallest absolute Gasteiger partial charge is 0.171 e. The number of unbranched alkanes of at least 4 members (excludes halogenated alkanes) is 1. The number of ketones is 1. The number of rotatable bonds is 14. The van der Waals surface area contributed by atoms with E-state index in [4.69, 9.17) is 0 Å². The number of carbonyl (C=O) groups excluding carboxylic acids is 1. The van der Waals surface area contributed by atoms with Crippen LogP contribution < -0.4 is 0 Å². The molecule has 0 N–H and O–H groups in total. The minimum atomic E-state index is -0.580. The fraction of sp³-hybridized carbons (Fsp3) is 0.577. The van der Waals surface area contributed by atoms with Crippen molar-refractivity contribution in [3.8, 4) is 0 Å². The Kier molecular flexibility index (Phi) is 13.6. The molecule has 0 amide bonds. The van der Waals surface area contributed by atoms with E-state index in [9.17, 15) is 4.79 Å². The van der Waals surface area contributed by atoms with Crippen molar-refractivity contribution in [1.82, 2.24) is 0 Å². The molecule has 0 heterocycles. The Hall–Kier alpha value is -1.63. The number of hydrogen-bond acceptors (Lipinski definition) is 1. The van der Waals surface area contributed by atoms with E-state index in [1.54, 1.807) is 0 Å². The SMILES string of the molecule is C=C(CC/C(=C/C(=C/CCC)CCC)CCC)C(=O)C(C)(/C=C\C)/C=C\C. The van der Waals surface area contributed by atoms with Gasteiger partial charge in [0.2, 0.25) is 0 Å². The largest absolute Gasteiger partial charge is 0.293 e. The van der Waals surface area contributed by atoms with Crippen LogP contribution in [-0.4, -0.2) is 5.78 Å². The minimum Gasteiger partial charge on any atom is -0.293 e. The minimum absolute atomic E-state index is 0.129. The highest BCUT2D eigenvalue weighted by Gasteiger charge is 2.28. The second-order valence-corrected chi connectivity index (χ2v) is 7.59. The first kappa shape index (κ1) is 25.4. The molecule has 0 atom stereocenters. The molecule has 0 radical (unpaired) electrons. The maximum atomic E-state index is 12.9. The van der Waals surface area contributed by atoms with Gasteiger partial charge in [0.05, 0.1) is 5.41 Å². The van der Waals surface area contributed by atoms with Crippen LogP contribution in [0.15, 0.2) is 59.8 Å². The van der Waals surface area contributed by atoms with Crippen molar-refractivity contribution in [1.29, 1.82) is 0 Å². The molecule has 0 fully saturated rings. The first-order valence-electron chi connectivity index (χ1n) is 10.8. The van der Waals surface area contributed by atoms with Crippen molar-refractivity contribution in [2.24, 2.45) is 5.41 Å². The van der Waals surface area contributed by atoms with Crippen LogP contribution in [0.4, 0.5) is 0 Å². The lowest BCUT2D eigenvalue weighted by Crippen LogP contribution is -2.24. The summed E-state index contributed by atoms with van der Waals surface area (Å²) in [5, 5.41) is 0. The molecule has 1 nitrogen and oxygen atoms in total. The van der Waals surface area contributed by atoms with Crippen LogP contribution in [0.5, 0.6) is 0 Å². The fourth-order valence-corrected chi connectivity index (χ4v) is 3.41. The van der Waals surface area contributed by atoms with Gasteiger partial charge in [0.15, 0.2) is 5.78 Å². The van der Waals surface area contributed by atoms with Crippen molar-refractivity contribution in [3.05, 3.63) is 59.8 Å².